The van der Waals surface area contributed by atoms with E-state index in [2.05, 4.69) is 0 Å². The molecule has 0 unspecified atom stereocenters. The first kappa shape index (κ1) is 32.0. The van der Waals surface area contributed by atoms with Gasteiger partial charge < -0.3 is 14.3 Å². The monoisotopic (exact) mass is 645 g/mol. The van der Waals surface area contributed by atoms with E-state index in [0.717, 1.165) is 4.31 Å². The summed E-state index contributed by atoms with van der Waals surface area (Å²) in [5.41, 5.74) is 3.00. The minimum Gasteiger partial charge on any atom is -0.496 e. The minimum atomic E-state index is -4.51. The van der Waals surface area contributed by atoms with Crippen molar-refractivity contribution >= 4 is 44.3 Å². The molecule has 45 heavy (non-hydrogen) atoms. The summed E-state index contributed by atoms with van der Waals surface area (Å²) in [6.07, 6.45) is -0.112. The number of sulfonamides is 1. The summed E-state index contributed by atoms with van der Waals surface area (Å²) >= 11 is 6.05. The smallest absolute Gasteiger partial charge is 0.322 e. The number of benzene rings is 4. The zero-order valence-corrected chi connectivity index (χ0v) is 26.8. The van der Waals surface area contributed by atoms with Gasteiger partial charge in [0.1, 0.15) is 17.4 Å². The van der Waals surface area contributed by atoms with E-state index in [1.807, 2.05) is 0 Å². The van der Waals surface area contributed by atoms with Gasteiger partial charge in [0.05, 0.1) is 12.0 Å². The Morgan fingerprint density at radius 3 is 2.22 bits per heavy atom. The first-order valence-electron chi connectivity index (χ1n) is 14.2. The Hall–Kier alpha value is -4.44. The van der Waals surface area contributed by atoms with Gasteiger partial charge in [-0.05, 0) is 85.8 Å². The lowest BCUT2D eigenvalue weighted by Gasteiger charge is -2.30. The molecule has 1 aromatic heterocycles. The van der Waals surface area contributed by atoms with Crippen molar-refractivity contribution in [1.29, 1.82) is 0 Å². The number of furan rings is 1. The van der Waals surface area contributed by atoms with Gasteiger partial charge >= 0.3 is 5.97 Å². The van der Waals surface area contributed by atoms with Crippen LogP contribution < -0.4 is 4.74 Å². The predicted molar refractivity (Wildman–Crippen MR) is 173 cm³/mol. The molecule has 0 saturated heterocycles. The number of fused-ring (bicyclic) bond motifs is 1. The van der Waals surface area contributed by atoms with Crippen LogP contribution in [0.25, 0.3) is 11.0 Å². The molecule has 0 aliphatic carbocycles. The normalized spacial score (nSPS) is 12.4. The van der Waals surface area contributed by atoms with Gasteiger partial charge in [-0.1, -0.05) is 60.1 Å². The third-order valence-corrected chi connectivity index (χ3v) is 10.4. The second-order valence-electron chi connectivity index (χ2n) is 10.8. The fourth-order valence-electron chi connectivity index (χ4n) is 5.59. The van der Waals surface area contributed by atoms with Gasteiger partial charge in [0.25, 0.3) is 0 Å². The molecular weight excluding hydrogens is 614 g/mol. The lowest BCUT2D eigenvalue weighted by molar-refractivity contribution is -0.141. The highest BCUT2D eigenvalue weighted by molar-refractivity contribution is 7.89. The number of hydrogen-bond acceptors (Lipinski definition) is 6. The number of methoxy groups -OCH3 is 1. The number of nitrogens with zero attached hydrogens (tertiary/aromatic N) is 1. The first-order valence-corrected chi connectivity index (χ1v) is 16.0. The van der Waals surface area contributed by atoms with E-state index in [1.165, 1.54) is 7.11 Å². The number of aryl methyl sites for hydroxylation is 1. The van der Waals surface area contributed by atoms with E-state index in [1.54, 1.807) is 106 Å². The van der Waals surface area contributed by atoms with Crippen LogP contribution in [0.4, 0.5) is 0 Å². The molecule has 0 aliphatic heterocycles. The summed E-state index contributed by atoms with van der Waals surface area (Å²) in [6, 6.07) is 22.1. The molecule has 0 bridgehead atoms. The highest BCUT2D eigenvalue weighted by Gasteiger charge is 2.40. The molecule has 8 nitrogen and oxygen atoms in total. The fraction of sp³-hybridized carbons (Fsp3) is 0.200. The largest absolute Gasteiger partial charge is 0.496 e. The van der Waals surface area contributed by atoms with Crippen molar-refractivity contribution in [3.05, 3.63) is 129 Å². The molecule has 5 aromatic rings. The Morgan fingerprint density at radius 2 is 1.58 bits per heavy atom. The van der Waals surface area contributed by atoms with Gasteiger partial charge in [-0.3, -0.25) is 9.59 Å². The molecule has 232 valence electrons. The molecule has 1 heterocycles. The zero-order valence-electron chi connectivity index (χ0n) is 25.2. The molecule has 0 amide bonds. The van der Waals surface area contributed by atoms with Crippen molar-refractivity contribution in [1.82, 2.24) is 4.31 Å². The molecular formula is C35H32ClNO7S. The standard InChI is InChI=1S/C35H32ClNO7S/c1-21-18-31(43-4)22(2)23(3)34(21)45(41,42)37(29(35(39)40)19-24-10-6-5-7-11-24)20-28-27-12-8-9-13-30(27)44-33(28)32(38)25-14-16-26(36)17-15-25/h5-18,29H,19-20H2,1-4H3,(H,39,40)/t29-/m0/s1. The van der Waals surface area contributed by atoms with E-state index in [0.29, 0.717) is 44.0 Å². The maximum Gasteiger partial charge on any atom is 0.322 e. The predicted octanol–water partition coefficient (Wildman–Crippen LogP) is 7.14. The molecule has 5 rings (SSSR count). The second kappa shape index (κ2) is 12.9. The third-order valence-electron chi connectivity index (χ3n) is 7.99. The van der Waals surface area contributed by atoms with Crippen molar-refractivity contribution in [2.24, 2.45) is 0 Å². The maximum atomic E-state index is 14.8. The van der Waals surface area contributed by atoms with Crippen LogP contribution in [0.5, 0.6) is 5.75 Å². The average Bonchev–Trinajstić information content (AvgIpc) is 3.39. The number of halogens is 1. The Morgan fingerprint density at radius 1 is 0.933 bits per heavy atom. The van der Waals surface area contributed by atoms with Crippen molar-refractivity contribution in [3.8, 4) is 5.75 Å². The van der Waals surface area contributed by atoms with Crippen LogP contribution in [-0.4, -0.2) is 42.7 Å². The Bertz CT molecular complexity index is 2000. The molecule has 4 aromatic carbocycles. The number of ketones is 1. The van der Waals surface area contributed by atoms with Crippen molar-refractivity contribution in [3.63, 3.8) is 0 Å². The number of carboxylic acids is 1. The molecule has 10 heteroatoms. The Kier molecular flexibility index (Phi) is 9.16. The van der Waals surface area contributed by atoms with Gasteiger partial charge in [0.2, 0.25) is 15.8 Å². The molecule has 0 saturated carbocycles. The number of ether oxygens (including phenoxy) is 1. The lowest BCUT2D eigenvalue weighted by atomic mass is 10.0. The van der Waals surface area contributed by atoms with E-state index in [4.69, 9.17) is 20.8 Å². The number of carbonyl (C=O) groups excluding carboxylic acids is 1. The maximum absolute atomic E-state index is 14.8. The summed E-state index contributed by atoms with van der Waals surface area (Å²) in [5, 5.41) is 11.5. The Balaban J connectivity index is 1.74. The highest BCUT2D eigenvalue weighted by atomic mass is 35.5. The third kappa shape index (κ3) is 6.24. The molecule has 1 atom stereocenters. The second-order valence-corrected chi connectivity index (χ2v) is 13.1. The number of aliphatic carboxylic acids is 1. The van der Waals surface area contributed by atoms with E-state index < -0.39 is 34.4 Å². The van der Waals surface area contributed by atoms with E-state index >= 15 is 0 Å². The summed E-state index contributed by atoms with van der Waals surface area (Å²) in [7, 11) is -3.00. The van der Waals surface area contributed by atoms with Crippen molar-refractivity contribution in [2.45, 2.75) is 44.7 Å². The summed E-state index contributed by atoms with van der Waals surface area (Å²) in [6.45, 7) is 4.63. The zero-order chi connectivity index (χ0) is 32.5. The number of rotatable bonds is 11. The van der Waals surface area contributed by atoms with Crippen LogP contribution in [-0.2, 0) is 27.8 Å². The van der Waals surface area contributed by atoms with E-state index in [9.17, 15) is 23.1 Å². The average molecular weight is 646 g/mol. The van der Waals surface area contributed by atoms with Crippen LogP contribution in [0.1, 0.15) is 43.9 Å². The van der Waals surface area contributed by atoms with Crippen LogP contribution in [0.15, 0.2) is 94.2 Å². The summed E-state index contributed by atoms with van der Waals surface area (Å²) < 4.78 is 42.1. The number of carbonyl (C=O) groups is 2. The first-order chi connectivity index (χ1) is 21.4. The summed E-state index contributed by atoms with van der Waals surface area (Å²) in [4.78, 5) is 26.8. The van der Waals surface area contributed by atoms with Crippen LogP contribution in [0.2, 0.25) is 5.02 Å². The van der Waals surface area contributed by atoms with Crippen LogP contribution in [0.3, 0.4) is 0 Å². The number of hydrogen-bond donors (Lipinski definition) is 1. The van der Waals surface area contributed by atoms with Gasteiger partial charge in [0.15, 0.2) is 5.76 Å². The molecule has 1 N–H and O–H groups in total. The highest BCUT2D eigenvalue weighted by Crippen LogP contribution is 2.36. The SMILES string of the molecule is COc1cc(C)c(S(=O)(=O)N(Cc2c(C(=O)c3ccc(Cl)cc3)oc3ccccc23)[C@@H](Cc2ccccc2)C(=O)O)c(C)c1C. The van der Waals surface area contributed by atoms with Gasteiger partial charge in [0, 0.05) is 28.1 Å². The van der Waals surface area contributed by atoms with Gasteiger partial charge in [-0.25, -0.2) is 8.42 Å². The van der Waals surface area contributed by atoms with Gasteiger partial charge in [-0.15, -0.1) is 0 Å². The quantitative estimate of drug-likeness (QED) is 0.152. The van der Waals surface area contributed by atoms with E-state index in [-0.39, 0.29) is 28.2 Å². The molecule has 0 aliphatic rings. The molecule has 0 radical (unpaired) electrons. The van der Waals surface area contributed by atoms with Gasteiger partial charge in [-0.2, -0.15) is 4.31 Å². The number of para-hydroxylation sites is 1. The van der Waals surface area contributed by atoms with Crippen molar-refractivity contribution < 1.29 is 32.3 Å². The topological polar surface area (TPSA) is 114 Å². The lowest BCUT2D eigenvalue weighted by Crippen LogP contribution is -2.46. The molecule has 0 fully saturated rings. The molecule has 0 spiro atoms. The Labute approximate surface area is 266 Å². The number of carboxylic acid groups (broad SMARTS) is 1. The minimum absolute atomic E-state index is 0.0153. The summed E-state index contributed by atoms with van der Waals surface area (Å²) in [5.74, 6) is -1.38. The van der Waals surface area contributed by atoms with Crippen LogP contribution in [0, 0.1) is 20.8 Å². The van der Waals surface area contributed by atoms with Crippen LogP contribution >= 0.6 is 11.6 Å². The van der Waals surface area contributed by atoms with Crippen molar-refractivity contribution in [2.75, 3.05) is 7.11 Å². The fourth-order valence-corrected chi connectivity index (χ4v) is 7.75.